The lowest BCUT2D eigenvalue weighted by Crippen LogP contribution is -2.41. The molecule has 1 aliphatic heterocycles. The van der Waals surface area contributed by atoms with Crippen LogP contribution in [0, 0.1) is 5.92 Å². The molecule has 2 atom stereocenters. The van der Waals surface area contributed by atoms with Crippen molar-refractivity contribution in [3.8, 4) is 0 Å². The molecule has 2 unspecified atom stereocenters. The minimum absolute atomic E-state index is 0.181. The standard InChI is InChI=1S/C11H19NO4/c1-2-8(11(14)15)7-12-10(13)9-5-3-4-6-16-9/h8-9H,2-7H2,1H3,(H,12,13)(H,14,15). The number of carboxylic acids is 1. The first kappa shape index (κ1) is 13.0. The molecule has 1 saturated heterocycles. The fraction of sp³-hybridized carbons (Fsp3) is 0.818. The van der Waals surface area contributed by atoms with Crippen LogP contribution in [0.3, 0.4) is 0 Å². The van der Waals surface area contributed by atoms with Gasteiger partial charge in [-0.05, 0) is 25.7 Å². The van der Waals surface area contributed by atoms with Crippen molar-refractivity contribution in [3.63, 3.8) is 0 Å². The smallest absolute Gasteiger partial charge is 0.308 e. The predicted molar refractivity (Wildman–Crippen MR) is 58.0 cm³/mol. The fourth-order valence-electron chi connectivity index (χ4n) is 1.69. The van der Waals surface area contributed by atoms with Gasteiger partial charge in [-0.1, -0.05) is 6.92 Å². The Hall–Kier alpha value is -1.10. The Kier molecular flexibility index (Phi) is 5.25. The predicted octanol–water partition coefficient (Wildman–Crippen LogP) is 0.782. The zero-order chi connectivity index (χ0) is 12.0. The number of nitrogens with one attached hydrogen (secondary N) is 1. The SMILES string of the molecule is CCC(CNC(=O)C1CCCCO1)C(=O)O. The summed E-state index contributed by atoms with van der Waals surface area (Å²) in [5, 5.41) is 11.5. The third-order valence-corrected chi connectivity index (χ3v) is 2.84. The normalized spacial score (nSPS) is 22.4. The number of aliphatic carboxylic acids is 1. The molecule has 0 aromatic rings. The summed E-state index contributed by atoms with van der Waals surface area (Å²) in [4.78, 5) is 22.3. The van der Waals surface area contributed by atoms with E-state index in [4.69, 9.17) is 9.84 Å². The Labute approximate surface area is 95.2 Å². The van der Waals surface area contributed by atoms with Crippen molar-refractivity contribution in [1.82, 2.24) is 5.32 Å². The molecule has 2 N–H and O–H groups in total. The van der Waals surface area contributed by atoms with E-state index in [-0.39, 0.29) is 18.6 Å². The van der Waals surface area contributed by atoms with Crippen LogP contribution in [0.5, 0.6) is 0 Å². The number of rotatable bonds is 5. The number of hydrogen-bond donors (Lipinski definition) is 2. The van der Waals surface area contributed by atoms with E-state index < -0.39 is 11.9 Å². The molecule has 0 bridgehead atoms. The van der Waals surface area contributed by atoms with Crippen LogP contribution < -0.4 is 5.32 Å². The maximum atomic E-state index is 11.6. The van der Waals surface area contributed by atoms with Crippen LogP contribution in [0.2, 0.25) is 0 Å². The molecule has 0 aromatic heterocycles. The molecule has 0 saturated carbocycles. The summed E-state index contributed by atoms with van der Waals surface area (Å²) in [6.45, 7) is 2.60. The molecule has 1 aliphatic rings. The van der Waals surface area contributed by atoms with Crippen molar-refractivity contribution >= 4 is 11.9 Å². The van der Waals surface area contributed by atoms with Crippen LogP contribution in [-0.4, -0.2) is 36.2 Å². The zero-order valence-corrected chi connectivity index (χ0v) is 9.57. The van der Waals surface area contributed by atoms with Crippen LogP contribution >= 0.6 is 0 Å². The molecule has 1 rings (SSSR count). The summed E-state index contributed by atoms with van der Waals surface area (Å²) in [5.41, 5.74) is 0. The van der Waals surface area contributed by atoms with E-state index in [1.807, 2.05) is 0 Å². The third kappa shape index (κ3) is 3.81. The molecule has 1 fully saturated rings. The molecular weight excluding hydrogens is 210 g/mol. The van der Waals surface area contributed by atoms with Crippen LogP contribution in [-0.2, 0) is 14.3 Å². The second-order valence-corrected chi connectivity index (χ2v) is 4.04. The first-order valence-electron chi connectivity index (χ1n) is 5.77. The van der Waals surface area contributed by atoms with E-state index in [9.17, 15) is 9.59 Å². The Morgan fingerprint density at radius 2 is 2.25 bits per heavy atom. The number of carbonyl (C=O) groups is 2. The highest BCUT2D eigenvalue weighted by Crippen LogP contribution is 2.12. The van der Waals surface area contributed by atoms with Crippen molar-refractivity contribution in [3.05, 3.63) is 0 Å². The van der Waals surface area contributed by atoms with Crippen LogP contribution in [0.4, 0.5) is 0 Å². The topological polar surface area (TPSA) is 75.6 Å². The lowest BCUT2D eigenvalue weighted by Gasteiger charge is -2.22. The van der Waals surface area contributed by atoms with Gasteiger partial charge in [0.15, 0.2) is 0 Å². The summed E-state index contributed by atoms with van der Waals surface area (Å²) in [5.74, 6) is -1.56. The van der Waals surface area contributed by atoms with E-state index in [1.165, 1.54) is 0 Å². The van der Waals surface area contributed by atoms with Crippen molar-refractivity contribution in [2.45, 2.75) is 38.7 Å². The van der Waals surface area contributed by atoms with E-state index in [0.717, 1.165) is 19.3 Å². The van der Waals surface area contributed by atoms with Gasteiger partial charge in [-0.15, -0.1) is 0 Å². The lowest BCUT2D eigenvalue weighted by atomic mass is 10.1. The molecule has 5 nitrogen and oxygen atoms in total. The summed E-state index contributed by atoms with van der Waals surface area (Å²) in [7, 11) is 0. The molecule has 0 aliphatic carbocycles. The van der Waals surface area contributed by atoms with E-state index in [1.54, 1.807) is 6.92 Å². The first-order valence-corrected chi connectivity index (χ1v) is 5.77. The van der Waals surface area contributed by atoms with Gasteiger partial charge in [0, 0.05) is 13.2 Å². The van der Waals surface area contributed by atoms with Crippen molar-refractivity contribution in [2.75, 3.05) is 13.2 Å². The Bertz CT molecular complexity index is 248. The minimum atomic E-state index is -0.868. The van der Waals surface area contributed by atoms with E-state index in [0.29, 0.717) is 13.0 Å². The van der Waals surface area contributed by atoms with Gasteiger partial charge in [-0.25, -0.2) is 0 Å². The highest BCUT2D eigenvalue weighted by molar-refractivity contribution is 5.81. The zero-order valence-electron chi connectivity index (χ0n) is 9.57. The molecule has 0 radical (unpaired) electrons. The quantitative estimate of drug-likeness (QED) is 0.730. The molecule has 0 spiro atoms. The van der Waals surface area contributed by atoms with Crippen molar-refractivity contribution in [1.29, 1.82) is 0 Å². The Balaban J connectivity index is 2.30. The second kappa shape index (κ2) is 6.48. The molecule has 5 heteroatoms. The monoisotopic (exact) mass is 229 g/mol. The lowest BCUT2D eigenvalue weighted by molar-refractivity contribution is -0.142. The largest absolute Gasteiger partial charge is 0.481 e. The molecule has 92 valence electrons. The van der Waals surface area contributed by atoms with Gasteiger partial charge in [0.05, 0.1) is 5.92 Å². The highest BCUT2D eigenvalue weighted by Gasteiger charge is 2.23. The maximum Gasteiger partial charge on any atom is 0.308 e. The summed E-state index contributed by atoms with van der Waals surface area (Å²) >= 11 is 0. The average molecular weight is 229 g/mol. The van der Waals surface area contributed by atoms with E-state index in [2.05, 4.69) is 5.32 Å². The maximum absolute atomic E-state index is 11.6. The van der Waals surface area contributed by atoms with Gasteiger partial charge in [0.25, 0.3) is 0 Å². The van der Waals surface area contributed by atoms with Crippen molar-refractivity contribution in [2.24, 2.45) is 5.92 Å². The van der Waals surface area contributed by atoms with Crippen LogP contribution in [0.15, 0.2) is 0 Å². The summed E-state index contributed by atoms with van der Waals surface area (Å²) in [6.07, 6.45) is 2.85. The third-order valence-electron chi connectivity index (χ3n) is 2.84. The first-order chi connectivity index (χ1) is 7.65. The van der Waals surface area contributed by atoms with Gasteiger partial charge in [-0.3, -0.25) is 9.59 Å². The minimum Gasteiger partial charge on any atom is -0.481 e. The molecule has 1 amide bonds. The summed E-state index contributed by atoms with van der Waals surface area (Å²) < 4.78 is 5.31. The number of amides is 1. The Morgan fingerprint density at radius 1 is 1.50 bits per heavy atom. The average Bonchev–Trinajstić information content (AvgIpc) is 2.30. The fourth-order valence-corrected chi connectivity index (χ4v) is 1.69. The molecular formula is C11H19NO4. The van der Waals surface area contributed by atoms with Crippen LogP contribution in [0.25, 0.3) is 0 Å². The number of carboxylic acid groups (broad SMARTS) is 1. The number of ether oxygens (including phenoxy) is 1. The number of carbonyl (C=O) groups excluding carboxylic acids is 1. The van der Waals surface area contributed by atoms with E-state index >= 15 is 0 Å². The highest BCUT2D eigenvalue weighted by atomic mass is 16.5. The van der Waals surface area contributed by atoms with Gasteiger partial charge < -0.3 is 15.2 Å². The van der Waals surface area contributed by atoms with Crippen molar-refractivity contribution < 1.29 is 19.4 Å². The van der Waals surface area contributed by atoms with Gasteiger partial charge >= 0.3 is 5.97 Å². The van der Waals surface area contributed by atoms with Gasteiger partial charge in [-0.2, -0.15) is 0 Å². The van der Waals surface area contributed by atoms with Gasteiger partial charge in [0.2, 0.25) is 5.91 Å². The van der Waals surface area contributed by atoms with Gasteiger partial charge in [0.1, 0.15) is 6.10 Å². The summed E-state index contributed by atoms with van der Waals surface area (Å²) in [6, 6.07) is 0. The Morgan fingerprint density at radius 3 is 2.75 bits per heavy atom. The molecule has 1 heterocycles. The van der Waals surface area contributed by atoms with Crippen LogP contribution in [0.1, 0.15) is 32.6 Å². The molecule has 16 heavy (non-hydrogen) atoms. The number of hydrogen-bond acceptors (Lipinski definition) is 3. The second-order valence-electron chi connectivity index (χ2n) is 4.04. The molecule has 0 aromatic carbocycles.